The molecule has 3 aromatic heterocycles. The standard InChI is InChI=1S/C24H19F2N7O2S/c1-31-20-14-10-13(6-7-16(14)30-21(27)15(20)11-28-31)22(34)33(32-9-8-24(25,26)23(32)35)12-19-29-17-4-2-3-5-18(17)36-19/h2-7,10-11H,8-9,12H2,1H3,(H2,27,30). The number of nitrogen functional groups attached to an aromatic ring is 1. The normalized spacial score (nSPS) is 15.4. The lowest BCUT2D eigenvalue weighted by Gasteiger charge is -2.31. The number of fused-ring (bicyclic) bond motifs is 4. The van der Waals surface area contributed by atoms with Crippen LogP contribution in [-0.4, -0.2) is 54.0 Å². The fourth-order valence-electron chi connectivity index (χ4n) is 4.50. The monoisotopic (exact) mass is 507 g/mol. The molecule has 1 aliphatic heterocycles. The third kappa shape index (κ3) is 3.44. The number of hydrogen-bond donors (Lipinski definition) is 1. The van der Waals surface area contributed by atoms with Gasteiger partial charge in [0.05, 0.1) is 39.4 Å². The molecule has 0 saturated carbocycles. The van der Waals surface area contributed by atoms with E-state index in [0.29, 0.717) is 32.6 Å². The van der Waals surface area contributed by atoms with Gasteiger partial charge >= 0.3 is 11.8 Å². The number of alkyl halides is 2. The Balaban J connectivity index is 1.45. The highest BCUT2D eigenvalue weighted by atomic mass is 32.1. The van der Waals surface area contributed by atoms with Crippen LogP contribution in [0.1, 0.15) is 21.8 Å². The van der Waals surface area contributed by atoms with E-state index in [4.69, 9.17) is 5.73 Å². The molecule has 12 heteroatoms. The molecule has 0 bridgehead atoms. The van der Waals surface area contributed by atoms with Crippen LogP contribution in [0.3, 0.4) is 0 Å². The third-order valence-electron chi connectivity index (χ3n) is 6.29. The average Bonchev–Trinajstić information content (AvgIpc) is 3.53. The van der Waals surface area contributed by atoms with Gasteiger partial charge in [-0.2, -0.15) is 13.9 Å². The summed E-state index contributed by atoms with van der Waals surface area (Å²) in [6, 6.07) is 12.2. The minimum Gasteiger partial charge on any atom is -0.383 e. The van der Waals surface area contributed by atoms with Gasteiger partial charge in [0.1, 0.15) is 10.8 Å². The Labute approximate surface area is 206 Å². The summed E-state index contributed by atoms with van der Waals surface area (Å²) in [6.07, 6.45) is 0.933. The second-order valence-electron chi connectivity index (χ2n) is 8.58. The van der Waals surface area contributed by atoms with Gasteiger partial charge in [0.2, 0.25) is 0 Å². The molecular formula is C24H19F2N7O2S. The number of carbonyl (C=O) groups excluding carboxylic acids is 2. The minimum atomic E-state index is -3.53. The molecule has 0 spiro atoms. The summed E-state index contributed by atoms with van der Waals surface area (Å²) in [5.41, 5.74) is 8.25. The van der Waals surface area contributed by atoms with E-state index in [1.165, 1.54) is 11.3 Å². The van der Waals surface area contributed by atoms with Crippen LogP contribution in [0.2, 0.25) is 0 Å². The number of halogens is 2. The molecule has 0 atom stereocenters. The molecule has 2 aromatic carbocycles. The van der Waals surface area contributed by atoms with E-state index >= 15 is 0 Å². The Kier molecular flexibility index (Phi) is 4.90. The molecule has 182 valence electrons. The van der Waals surface area contributed by atoms with Gasteiger partial charge in [-0.05, 0) is 30.3 Å². The zero-order valence-electron chi connectivity index (χ0n) is 19.0. The highest BCUT2D eigenvalue weighted by Crippen LogP contribution is 2.33. The molecule has 36 heavy (non-hydrogen) atoms. The van der Waals surface area contributed by atoms with Crippen LogP contribution in [-0.2, 0) is 18.4 Å². The number of thiazole rings is 1. The quantitative estimate of drug-likeness (QED) is 0.397. The fraction of sp³-hybridized carbons (Fsp3) is 0.208. The lowest BCUT2D eigenvalue weighted by atomic mass is 10.1. The maximum atomic E-state index is 14.2. The van der Waals surface area contributed by atoms with Crippen LogP contribution in [0.15, 0.2) is 48.7 Å². The van der Waals surface area contributed by atoms with Gasteiger partial charge in [-0.25, -0.2) is 20.0 Å². The van der Waals surface area contributed by atoms with Crippen LogP contribution >= 0.6 is 11.3 Å². The molecule has 1 aliphatic rings. The Hall–Kier alpha value is -4.19. The van der Waals surface area contributed by atoms with Crippen LogP contribution in [0, 0.1) is 0 Å². The maximum Gasteiger partial charge on any atom is 0.328 e. The number of aryl methyl sites for hydroxylation is 1. The SMILES string of the molecule is Cn1ncc2c(N)nc3ccc(C(=O)N(Cc4nc5ccccc5s4)N4CCC(F)(F)C4=O)cc3c21. The van der Waals surface area contributed by atoms with E-state index in [1.54, 1.807) is 36.1 Å². The van der Waals surface area contributed by atoms with E-state index in [9.17, 15) is 18.4 Å². The minimum absolute atomic E-state index is 0.126. The summed E-state index contributed by atoms with van der Waals surface area (Å²) in [6.45, 7) is -0.404. The number of pyridine rings is 1. The van der Waals surface area contributed by atoms with Gasteiger partial charge in [-0.15, -0.1) is 11.3 Å². The smallest absolute Gasteiger partial charge is 0.328 e. The molecule has 0 unspecified atom stereocenters. The van der Waals surface area contributed by atoms with Gasteiger partial charge < -0.3 is 5.73 Å². The van der Waals surface area contributed by atoms with Gasteiger partial charge in [0.25, 0.3) is 5.91 Å². The van der Waals surface area contributed by atoms with Crippen LogP contribution in [0.5, 0.6) is 0 Å². The van der Waals surface area contributed by atoms with Crippen molar-refractivity contribution in [2.45, 2.75) is 18.9 Å². The first-order valence-corrected chi connectivity index (χ1v) is 11.9. The summed E-state index contributed by atoms with van der Waals surface area (Å²) in [4.78, 5) is 35.2. The predicted octanol–water partition coefficient (Wildman–Crippen LogP) is 3.74. The molecule has 2 N–H and O–H groups in total. The zero-order chi connectivity index (χ0) is 25.2. The number of amides is 2. The Bertz CT molecular complexity index is 1660. The van der Waals surface area contributed by atoms with Crippen molar-refractivity contribution in [2.24, 2.45) is 7.05 Å². The first kappa shape index (κ1) is 22.3. The third-order valence-corrected chi connectivity index (χ3v) is 7.31. The topological polar surface area (TPSA) is 110 Å². The summed E-state index contributed by atoms with van der Waals surface area (Å²) in [5, 5.41) is 7.92. The summed E-state index contributed by atoms with van der Waals surface area (Å²) < 4.78 is 30.9. The molecule has 4 heterocycles. The van der Waals surface area contributed by atoms with E-state index in [-0.39, 0.29) is 18.7 Å². The zero-order valence-corrected chi connectivity index (χ0v) is 19.8. The van der Waals surface area contributed by atoms with E-state index < -0.39 is 24.2 Å². The molecule has 9 nitrogen and oxygen atoms in total. The first-order valence-electron chi connectivity index (χ1n) is 11.1. The highest BCUT2D eigenvalue weighted by molar-refractivity contribution is 7.18. The predicted molar refractivity (Wildman–Crippen MR) is 131 cm³/mol. The average molecular weight is 508 g/mol. The number of rotatable bonds is 4. The van der Waals surface area contributed by atoms with Gasteiger partial charge in [-0.1, -0.05) is 12.1 Å². The molecule has 0 radical (unpaired) electrons. The van der Waals surface area contributed by atoms with Crippen molar-refractivity contribution in [1.82, 2.24) is 29.8 Å². The number of nitrogens with zero attached hydrogens (tertiary/aromatic N) is 6. The number of hydrogen-bond acceptors (Lipinski definition) is 7. The van der Waals surface area contributed by atoms with Crippen molar-refractivity contribution >= 4 is 61.0 Å². The summed E-state index contributed by atoms with van der Waals surface area (Å²) in [7, 11) is 1.75. The van der Waals surface area contributed by atoms with E-state index in [0.717, 1.165) is 20.2 Å². The van der Waals surface area contributed by atoms with Gasteiger partial charge in [0, 0.05) is 31.0 Å². The highest BCUT2D eigenvalue weighted by Gasteiger charge is 2.51. The van der Waals surface area contributed by atoms with Crippen LogP contribution in [0.25, 0.3) is 32.0 Å². The van der Waals surface area contributed by atoms with Gasteiger partial charge in [-0.3, -0.25) is 14.3 Å². The number of carbonyl (C=O) groups is 2. The van der Waals surface area contributed by atoms with Gasteiger partial charge in [0.15, 0.2) is 0 Å². The molecule has 1 fully saturated rings. The second kappa shape index (κ2) is 7.92. The maximum absolute atomic E-state index is 14.2. The largest absolute Gasteiger partial charge is 0.383 e. The summed E-state index contributed by atoms with van der Waals surface area (Å²) in [5.74, 6) is -5.22. The van der Waals surface area contributed by atoms with Crippen LogP contribution < -0.4 is 5.73 Å². The Morgan fingerprint density at radius 1 is 1.17 bits per heavy atom. The fourth-order valence-corrected chi connectivity index (χ4v) is 5.45. The van der Waals surface area contributed by atoms with Crippen molar-refractivity contribution in [3.8, 4) is 0 Å². The van der Waals surface area contributed by atoms with E-state index in [1.807, 2.05) is 24.3 Å². The molecule has 5 aromatic rings. The molecule has 1 saturated heterocycles. The number of anilines is 1. The molecular weight excluding hydrogens is 488 g/mol. The van der Waals surface area contributed by atoms with Crippen molar-refractivity contribution in [3.05, 3.63) is 59.2 Å². The number of hydrazine groups is 1. The number of benzene rings is 2. The molecule has 6 rings (SSSR count). The Morgan fingerprint density at radius 3 is 2.72 bits per heavy atom. The van der Waals surface area contributed by atoms with Crippen molar-refractivity contribution in [3.63, 3.8) is 0 Å². The van der Waals surface area contributed by atoms with Crippen LogP contribution in [0.4, 0.5) is 14.6 Å². The first-order chi connectivity index (χ1) is 17.2. The Morgan fingerprint density at radius 2 is 1.97 bits per heavy atom. The molecule has 0 aliphatic carbocycles. The lowest BCUT2D eigenvalue weighted by molar-refractivity contribution is -0.158. The number of nitrogens with two attached hydrogens (primary N) is 1. The van der Waals surface area contributed by atoms with Crippen molar-refractivity contribution in [2.75, 3.05) is 12.3 Å². The van der Waals surface area contributed by atoms with Crippen molar-refractivity contribution < 1.29 is 18.4 Å². The lowest BCUT2D eigenvalue weighted by Crippen LogP contribution is -2.49. The second-order valence-corrected chi connectivity index (χ2v) is 9.70. The number of para-hydroxylation sites is 1. The van der Waals surface area contributed by atoms with Crippen molar-refractivity contribution in [1.29, 1.82) is 0 Å². The summed E-state index contributed by atoms with van der Waals surface area (Å²) >= 11 is 1.34. The van der Waals surface area contributed by atoms with E-state index in [2.05, 4.69) is 15.1 Å². The number of aromatic nitrogens is 4. The molecule has 2 amide bonds.